The van der Waals surface area contributed by atoms with Crippen LogP contribution in [0.2, 0.25) is 0 Å². The zero-order valence-corrected chi connectivity index (χ0v) is 20.3. The van der Waals surface area contributed by atoms with Gasteiger partial charge in [-0.25, -0.2) is 9.18 Å². The van der Waals surface area contributed by atoms with Gasteiger partial charge in [0.2, 0.25) is 0 Å². The number of carbonyl (C=O) groups excluding carboxylic acids is 2. The second kappa shape index (κ2) is 9.31. The fourth-order valence-electron chi connectivity index (χ4n) is 5.51. The molecule has 1 aromatic heterocycles. The van der Waals surface area contributed by atoms with Crippen molar-refractivity contribution in [1.82, 2.24) is 0 Å². The van der Waals surface area contributed by atoms with Gasteiger partial charge in [0.05, 0.1) is 30.2 Å². The summed E-state index contributed by atoms with van der Waals surface area (Å²) in [5, 5.41) is 10.8. The fraction of sp³-hybridized carbons (Fsp3) is 0.370. The van der Waals surface area contributed by atoms with Crippen molar-refractivity contribution >= 4 is 28.1 Å². The summed E-state index contributed by atoms with van der Waals surface area (Å²) in [7, 11) is 1.36. The summed E-state index contributed by atoms with van der Waals surface area (Å²) >= 11 is 1.50. The van der Waals surface area contributed by atoms with E-state index >= 15 is 0 Å². The maximum absolute atomic E-state index is 13.7. The number of hydrogen-bond acceptors (Lipinski definition) is 7. The Morgan fingerprint density at radius 3 is 2.60 bits per heavy atom. The number of hydrogen-bond donors (Lipinski definition) is 1. The normalized spacial score (nSPS) is 20.2. The van der Waals surface area contributed by atoms with Gasteiger partial charge in [-0.1, -0.05) is 18.6 Å². The molecule has 180 valence electrons. The summed E-state index contributed by atoms with van der Waals surface area (Å²) in [5.74, 6) is -1.34. The van der Waals surface area contributed by atoms with Crippen LogP contribution in [0.1, 0.15) is 70.8 Å². The molecule has 0 fully saturated rings. The van der Waals surface area contributed by atoms with Crippen LogP contribution in [0, 0.1) is 17.1 Å². The molecule has 0 bridgehead atoms. The lowest BCUT2D eigenvalue weighted by Crippen LogP contribution is -2.39. The standard InChI is InChI=1S/C27H26FN3O3S/c1-34-27(33)23-17-6-3-2-4-9-21(17)35-26(23)31-19-7-5-8-20(32)24(19)22(18(14-29)25(31)30)15-10-12-16(28)13-11-15/h10-13,22H,2-9,30H2,1H3/t22-/m0/s1. The highest BCUT2D eigenvalue weighted by molar-refractivity contribution is 7.16. The Labute approximate surface area is 207 Å². The van der Waals surface area contributed by atoms with Crippen molar-refractivity contribution in [2.24, 2.45) is 5.73 Å². The molecule has 35 heavy (non-hydrogen) atoms. The van der Waals surface area contributed by atoms with Crippen molar-refractivity contribution in [1.29, 1.82) is 5.26 Å². The third-order valence-electron chi connectivity index (χ3n) is 7.11. The molecular formula is C27H26FN3O3S. The van der Waals surface area contributed by atoms with E-state index in [4.69, 9.17) is 10.5 Å². The molecule has 0 saturated carbocycles. The molecule has 6 nitrogen and oxygen atoms in total. The van der Waals surface area contributed by atoms with Crippen LogP contribution in [0.5, 0.6) is 0 Å². The number of carbonyl (C=O) groups is 2. The van der Waals surface area contributed by atoms with Gasteiger partial charge < -0.3 is 10.5 Å². The topological polar surface area (TPSA) is 96.4 Å². The highest BCUT2D eigenvalue weighted by Crippen LogP contribution is 2.50. The summed E-state index contributed by atoms with van der Waals surface area (Å²) in [6, 6.07) is 8.07. The molecule has 8 heteroatoms. The Bertz CT molecular complexity index is 1320. The minimum absolute atomic E-state index is 0.0523. The van der Waals surface area contributed by atoms with Gasteiger partial charge >= 0.3 is 5.97 Å². The molecule has 2 aromatic rings. The molecule has 2 heterocycles. The summed E-state index contributed by atoms with van der Waals surface area (Å²) in [6.45, 7) is 0. The van der Waals surface area contributed by atoms with E-state index in [0.29, 0.717) is 46.7 Å². The summed E-state index contributed by atoms with van der Waals surface area (Å²) in [5.41, 5.74) is 10.3. The van der Waals surface area contributed by atoms with Gasteiger partial charge in [-0.2, -0.15) is 5.26 Å². The third-order valence-corrected chi connectivity index (χ3v) is 8.39. The van der Waals surface area contributed by atoms with Crippen LogP contribution in [0.3, 0.4) is 0 Å². The molecule has 2 N–H and O–H groups in total. The Balaban J connectivity index is 1.76. The first-order valence-corrected chi connectivity index (χ1v) is 12.7. The van der Waals surface area contributed by atoms with Gasteiger partial charge in [-0.3, -0.25) is 9.69 Å². The highest BCUT2D eigenvalue weighted by Gasteiger charge is 2.42. The number of fused-ring (bicyclic) bond motifs is 1. The van der Waals surface area contributed by atoms with Crippen molar-refractivity contribution in [3.8, 4) is 6.07 Å². The number of allylic oxidation sites excluding steroid dienone is 3. The number of ether oxygens (including phenoxy) is 1. The van der Waals surface area contributed by atoms with Gasteiger partial charge in [0.1, 0.15) is 16.6 Å². The minimum Gasteiger partial charge on any atom is -0.465 e. The summed E-state index contributed by atoms with van der Waals surface area (Å²) < 4.78 is 18.8. The maximum Gasteiger partial charge on any atom is 0.341 e. The second-order valence-electron chi connectivity index (χ2n) is 9.10. The highest BCUT2D eigenvalue weighted by atomic mass is 32.1. The van der Waals surface area contributed by atoms with Crippen LogP contribution in [0.25, 0.3) is 0 Å². The predicted octanol–water partition coefficient (Wildman–Crippen LogP) is 5.25. The molecule has 0 radical (unpaired) electrons. The first kappa shape index (κ1) is 23.3. The number of rotatable bonds is 3. The van der Waals surface area contributed by atoms with E-state index in [2.05, 4.69) is 6.07 Å². The van der Waals surface area contributed by atoms with E-state index in [-0.39, 0.29) is 17.2 Å². The molecule has 0 spiro atoms. The maximum atomic E-state index is 13.7. The summed E-state index contributed by atoms with van der Waals surface area (Å²) in [6.07, 6.45) is 6.39. The number of thiophene rings is 1. The Kier molecular flexibility index (Phi) is 6.20. The van der Waals surface area contributed by atoms with Gasteiger partial charge in [-0.05, 0) is 61.8 Å². The number of esters is 1. The summed E-state index contributed by atoms with van der Waals surface area (Å²) in [4.78, 5) is 29.3. The molecule has 1 atom stereocenters. The van der Waals surface area contributed by atoms with Crippen LogP contribution < -0.4 is 10.6 Å². The molecule has 3 aliphatic rings. The van der Waals surface area contributed by atoms with E-state index < -0.39 is 17.7 Å². The quantitative estimate of drug-likeness (QED) is 0.465. The Hall–Kier alpha value is -3.44. The molecule has 2 aliphatic carbocycles. The minimum atomic E-state index is -0.668. The van der Waals surface area contributed by atoms with Crippen LogP contribution in [0.4, 0.5) is 9.39 Å². The molecule has 5 rings (SSSR count). The predicted molar refractivity (Wildman–Crippen MR) is 131 cm³/mol. The third kappa shape index (κ3) is 3.84. The monoisotopic (exact) mass is 491 g/mol. The first-order chi connectivity index (χ1) is 17.0. The second-order valence-corrected chi connectivity index (χ2v) is 10.2. The number of Topliss-reactive ketones (excluding diaryl/α,β-unsaturated/α-hetero) is 1. The number of anilines is 1. The van der Waals surface area contributed by atoms with E-state index in [1.165, 1.54) is 30.6 Å². The van der Waals surface area contributed by atoms with Crippen LogP contribution in [-0.2, 0) is 22.4 Å². The number of halogens is 1. The largest absolute Gasteiger partial charge is 0.465 e. The van der Waals surface area contributed by atoms with Crippen molar-refractivity contribution in [2.45, 2.75) is 57.3 Å². The average Bonchev–Trinajstić information content (AvgIpc) is 3.05. The van der Waals surface area contributed by atoms with Crippen LogP contribution in [0.15, 0.2) is 46.9 Å². The van der Waals surface area contributed by atoms with Gasteiger partial charge in [-0.15, -0.1) is 11.3 Å². The van der Waals surface area contributed by atoms with Crippen molar-refractivity contribution in [3.05, 3.63) is 74.3 Å². The zero-order chi connectivity index (χ0) is 24.7. The molecule has 1 aromatic carbocycles. The van der Waals surface area contributed by atoms with Gasteiger partial charge in [0, 0.05) is 22.6 Å². The van der Waals surface area contributed by atoms with Gasteiger partial charge in [0.25, 0.3) is 0 Å². The number of aryl methyl sites for hydroxylation is 1. The SMILES string of the molecule is COC(=O)c1c(N2C(N)=C(C#N)[C@H](c3ccc(F)cc3)C3=C2CCCC3=O)sc2c1CCCCC2. The number of methoxy groups -OCH3 is 1. The van der Waals surface area contributed by atoms with Crippen molar-refractivity contribution < 1.29 is 18.7 Å². The molecule has 0 unspecified atom stereocenters. The molecular weight excluding hydrogens is 465 g/mol. The lowest BCUT2D eigenvalue weighted by Gasteiger charge is -2.39. The van der Waals surface area contributed by atoms with Crippen LogP contribution >= 0.6 is 11.3 Å². The smallest absolute Gasteiger partial charge is 0.341 e. The lowest BCUT2D eigenvalue weighted by atomic mass is 9.75. The van der Waals surface area contributed by atoms with Crippen molar-refractivity contribution in [3.63, 3.8) is 0 Å². The zero-order valence-electron chi connectivity index (χ0n) is 19.5. The van der Waals surface area contributed by atoms with E-state index in [1.54, 1.807) is 17.0 Å². The molecule has 0 saturated heterocycles. The lowest BCUT2D eigenvalue weighted by molar-refractivity contribution is -0.116. The average molecular weight is 492 g/mol. The first-order valence-electron chi connectivity index (χ1n) is 11.9. The van der Waals surface area contributed by atoms with Crippen LogP contribution in [-0.4, -0.2) is 18.9 Å². The number of nitriles is 1. The van der Waals surface area contributed by atoms with Gasteiger partial charge in [0.15, 0.2) is 5.78 Å². The number of ketones is 1. The van der Waals surface area contributed by atoms with E-state index in [9.17, 15) is 19.2 Å². The Morgan fingerprint density at radius 1 is 1.14 bits per heavy atom. The van der Waals surface area contributed by atoms with Crippen molar-refractivity contribution in [2.75, 3.05) is 12.0 Å². The molecule has 1 aliphatic heterocycles. The van der Waals surface area contributed by atoms with E-state index in [1.807, 2.05) is 0 Å². The number of nitrogens with zero attached hydrogens (tertiary/aromatic N) is 2. The number of benzene rings is 1. The fourth-order valence-corrected chi connectivity index (χ4v) is 6.92. The molecule has 0 amide bonds. The Morgan fingerprint density at radius 2 is 1.89 bits per heavy atom. The van der Waals surface area contributed by atoms with E-state index in [0.717, 1.165) is 42.5 Å². The number of nitrogens with two attached hydrogens (primary N) is 1.